The van der Waals surface area contributed by atoms with E-state index in [4.69, 9.17) is 14.7 Å². The van der Waals surface area contributed by atoms with Crippen molar-refractivity contribution in [1.82, 2.24) is 5.06 Å². The summed E-state index contributed by atoms with van der Waals surface area (Å²) in [4.78, 5) is 16.4. The van der Waals surface area contributed by atoms with E-state index >= 15 is 0 Å². The Kier molecular flexibility index (Phi) is 5.60. The summed E-state index contributed by atoms with van der Waals surface area (Å²) in [7, 11) is 1.48. The largest absolute Gasteiger partial charge is 0.442 e. The third-order valence-electron chi connectivity index (χ3n) is 1.47. The van der Waals surface area contributed by atoms with Crippen molar-refractivity contribution in [2.24, 2.45) is 0 Å². The maximum atomic E-state index is 11.4. The van der Waals surface area contributed by atoms with Crippen LogP contribution in [0.4, 0.5) is 4.79 Å². The molecule has 0 aliphatic heterocycles. The summed E-state index contributed by atoms with van der Waals surface area (Å²) in [6, 6.07) is 0. The molecule has 1 amide bonds. The van der Waals surface area contributed by atoms with E-state index in [0.717, 1.165) is 5.06 Å². The van der Waals surface area contributed by atoms with Crippen molar-refractivity contribution in [2.45, 2.75) is 45.8 Å². The van der Waals surface area contributed by atoms with E-state index in [2.05, 4.69) is 0 Å². The lowest BCUT2D eigenvalue weighted by Crippen LogP contribution is -2.34. The highest BCUT2D eigenvalue weighted by molar-refractivity contribution is 5.66. The second kappa shape index (κ2) is 5.92. The van der Waals surface area contributed by atoms with E-state index in [0.29, 0.717) is 6.42 Å². The minimum Gasteiger partial charge on any atom is -0.442 e. The molecule has 0 fully saturated rings. The Morgan fingerprint density at radius 1 is 1.47 bits per heavy atom. The minimum absolute atomic E-state index is 0.285. The first kappa shape index (κ1) is 14.2. The number of nitrogens with zero attached hydrogens (tertiary/aromatic N) is 1. The van der Waals surface area contributed by atoms with Crippen molar-refractivity contribution in [1.29, 1.82) is 0 Å². The lowest BCUT2D eigenvalue weighted by atomic mass is 10.2. The van der Waals surface area contributed by atoms with Gasteiger partial charge < -0.3 is 9.84 Å². The number of aliphatic hydroxyl groups excluding tert-OH is 1. The second-order valence-electron chi connectivity index (χ2n) is 4.45. The van der Waals surface area contributed by atoms with E-state index in [1.165, 1.54) is 7.05 Å². The first-order valence-electron chi connectivity index (χ1n) is 5.00. The molecule has 0 bridgehead atoms. The van der Waals surface area contributed by atoms with Crippen LogP contribution < -0.4 is 0 Å². The quantitative estimate of drug-likeness (QED) is 0.729. The van der Waals surface area contributed by atoms with Gasteiger partial charge in [-0.25, -0.2) is 4.79 Å². The van der Waals surface area contributed by atoms with E-state index in [1.807, 2.05) is 0 Å². The van der Waals surface area contributed by atoms with Crippen LogP contribution in [0.1, 0.15) is 34.1 Å². The van der Waals surface area contributed by atoms with Gasteiger partial charge in [-0.2, -0.15) is 5.06 Å². The molecule has 0 aromatic rings. The van der Waals surface area contributed by atoms with Crippen LogP contribution in [-0.4, -0.2) is 41.6 Å². The van der Waals surface area contributed by atoms with Gasteiger partial charge in [0.15, 0.2) is 0 Å². The highest BCUT2D eigenvalue weighted by Gasteiger charge is 2.19. The fourth-order valence-corrected chi connectivity index (χ4v) is 0.739. The Hall–Kier alpha value is -0.810. The standard InChI is InChI=1S/C10H21NO4/c1-8(12)6-7-14-11(5)9(13)15-10(2,3)4/h8,12H,6-7H2,1-5H3. The molecule has 5 nitrogen and oxygen atoms in total. The number of rotatable bonds is 4. The third-order valence-corrected chi connectivity index (χ3v) is 1.47. The number of aliphatic hydroxyl groups is 1. The van der Waals surface area contributed by atoms with Crippen LogP contribution in [-0.2, 0) is 9.57 Å². The molecule has 1 N–H and O–H groups in total. The van der Waals surface area contributed by atoms with Gasteiger partial charge in [-0.15, -0.1) is 0 Å². The summed E-state index contributed by atoms with van der Waals surface area (Å²) in [6.45, 7) is 7.31. The average Bonchev–Trinajstić information content (AvgIpc) is 1.99. The topological polar surface area (TPSA) is 59.0 Å². The Morgan fingerprint density at radius 3 is 2.40 bits per heavy atom. The Morgan fingerprint density at radius 2 is 2.00 bits per heavy atom. The highest BCUT2D eigenvalue weighted by Crippen LogP contribution is 2.09. The van der Waals surface area contributed by atoms with Crippen molar-refractivity contribution in [3.8, 4) is 0 Å². The van der Waals surface area contributed by atoms with Crippen LogP contribution in [0.25, 0.3) is 0 Å². The molecule has 0 saturated carbocycles. The Labute approximate surface area is 90.9 Å². The molecule has 0 spiro atoms. The first-order valence-corrected chi connectivity index (χ1v) is 5.00. The SMILES string of the molecule is CC(O)CCON(C)C(=O)OC(C)(C)C. The molecular formula is C10H21NO4. The Bertz CT molecular complexity index is 198. The zero-order valence-electron chi connectivity index (χ0n) is 10.1. The summed E-state index contributed by atoms with van der Waals surface area (Å²) in [6.07, 6.45) is -0.488. The summed E-state index contributed by atoms with van der Waals surface area (Å²) in [5.41, 5.74) is -0.529. The number of hydrogen-bond acceptors (Lipinski definition) is 4. The molecule has 90 valence electrons. The number of hydrogen-bond donors (Lipinski definition) is 1. The maximum Gasteiger partial charge on any atom is 0.434 e. The summed E-state index contributed by atoms with van der Waals surface area (Å²) in [5, 5.41) is 10.0. The van der Waals surface area contributed by atoms with Gasteiger partial charge in [-0.05, 0) is 34.1 Å². The van der Waals surface area contributed by atoms with Crippen LogP contribution in [0.3, 0.4) is 0 Å². The van der Waals surface area contributed by atoms with Crippen molar-refractivity contribution >= 4 is 6.09 Å². The number of ether oxygens (including phenoxy) is 1. The zero-order valence-corrected chi connectivity index (χ0v) is 10.1. The fraction of sp³-hybridized carbons (Fsp3) is 0.900. The van der Waals surface area contributed by atoms with Crippen LogP contribution in [0.5, 0.6) is 0 Å². The molecule has 0 rings (SSSR count). The maximum absolute atomic E-state index is 11.4. The van der Waals surface area contributed by atoms with Gasteiger partial charge in [0.25, 0.3) is 0 Å². The van der Waals surface area contributed by atoms with Crippen LogP contribution in [0, 0.1) is 0 Å². The summed E-state index contributed by atoms with van der Waals surface area (Å²) >= 11 is 0. The van der Waals surface area contributed by atoms with Gasteiger partial charge >= 0.3 is 6.09 Å². The number of amides is 1. The van der Waals surface area contributed by atoms with Gasteiger partial charge in [0, 0.05) is 7.05 Å². The molecule has 1 unspecified atom stereocenters. The van der Waals surface area contributed by atoms with Crippen molar-refractivity contribution in [2.75, 3.05) is 13.7 Å². The van der Waals surface area contributed by atoms with Gasteiger partial charge in [0.1, 0.15) is 5.60 Å². The van der Waals surface area contributed by atoms with E-state index in [1.54, 1.807) is 27.7 Å². The second-order valence-corrected chi connectivity index (χ2v) is 4.45. The average molecular weight is 219 g/mol. The van der Waals surface area contributed by atoms with E-state index in [9.17, 15) is 4.79 Å². The fourth-order valence-electron chi connectivity index (χ4n) is 0.739. The molecule has 0 aliphatic carbocycles. The van der Waals surface area contributed by atoms with Gasteiger partial charge in [0.05, 0.1) is 12.7 Å². The van der Waals surface area contributed by atoms with Crippen molar-refractivity contribution in [3.05, 3.63) is 0 Å². The molecule has 0 aliphatic rings. The number of hydroxylamine groups is 2. The molecule has 0 saturated heterocycles. The molecule has 0 heterocycles. The van der Waals surface area contributed by atoms with Gasteiger partial charge in [-0.3, -0.25) is 4.84 Å². The van der Waals surface area contributed by atoms with Gasteiger partial charge in [0.2, 0.25) is 0 Å². The summed E-state index contributed by atoms with van der Waals surface area (Å²) in [5.74, 6) is 0. The third kappa shape index (κ3) is 8.20. The van der Waals surface area contributed by atoms with E-state index < -0.39 is 17.8 Å². The van der Waals surface area contributed by atoms with Crippen LogP contribution in [0.2, 0.25) is 0 Å². The predicted octanol–water partition coefficient (Wildman–Crippen LogP) is 1.56. The molecule has 0 radical (unpaired) electrons. The first-order chi connectivity index (χ1) is 6.72. The molecule has 15 heavy (non-hydrogen) atoms. The van der Waals surface area contributed by atoms with E-state index in [-0.39, 0.29) is 6.61 Å². The van der Waals surface area contributed by atoms with Crippen molar-refractivity contribution in [3.63, 3.8) is 0 Å². The molecule has 0 aromatic heterocycles. The number of carbonyl (C=O) groups is 1. The van der Waals surface area contributed by atoms with Crippen molar-refractivity contribution < 1.29 is 19.5 Å². The molecule has 5 heteroatoms. The normalized spacial score (nSPS) is 13.5. The molecule has 1 atom stereocenters. The molecular weight excluding hydrogens is 198 g/mol. The van der Waals surface area contributed by atoms with Gasteiger partial charge in [-0.1, -0.05) is 0 Å². The minimum atomic E-state index is -0.534. The monoisotopic (exact) mass is 219 g/mol. The smallest absolute Gasteiger partial charge is 0.434 e. The Balaban J connectivity index is 3.80. The lowest BCUT2D eigenvalue weighted by Gasteiger charge is -2.24. The molecule has 0 aromatic carbocycles. The van der Waals surface area contributed by atoms with Crippen LogP contribution >= 0.6 is 0 Å². The zero-order chi connectivity index (χ0) is 12.1. The predicted molar refractivity (Wildman–Crippen MR) is 56.2 cm³/mol. The number of carbonyl (C=O) groups excluding carboxylic acids is 1. The summed E-state index contributed by atoms with van der Waals surface area (Å²) < 4.78 is 5.06. The highest BCUT2D eigenvalue weighted by atomic mass is 16.7. The lowest BCUT2D eigenvalue weighted by molar-refractivity contribution is -0.135. The van der Waals surface area contributed by atoms with Crippen LogP contribution in [0.15, 0.2) is 0 Å².